The van der Waals surface area contributed by atoms with Crippen molar-refractivity contribution in [2.24, 2.45) is 0 Å². The van der Waals surface area contributed by atoms with E-state index in [0.717, 1.165) is 54.9 Å². The number of fused-ring (bicyclic) bond motifs is 1. The number of benzene rings is 2. The number of likely N-dealkylation sites (tertiary alicyclic amines) is 1. The molecule has 1 spiro atoms. The van der Waals surface area contributed by atoms with Crippen LogP contribution in [0.3, 0.4) is 0 Å². The minimum atomic E-state index is -0.364. The van der Waals surface area contributed by atoms with E-state index < -0.39 is 0 Å². The van der Waals surface area contributed by atoms with Crippen molar-refractivity contribution in [1.82, 2.24) is 10.2 Å². The number of amides is 1. The summed E-state index contributed by atoms with van der Waals surface area (Å²) >= 11 is 0. The smallest absolute Gasteiger partial charge is 0.255 e. The third kappa shape index (κ3) is 3.12. The van der Waals surface area contributed by atoms with Crippen molar-refractivity contribution >= 4 is 11.6 Å². The SMILES string of the molecule is Cc1cccc2c1C(=O)NC1(CCN(Cc3ccc(F)cc3)CC1)N2. The standard InChI is InChI=1S/C20H22FN3O/c1-14-3-2-4-17-18(14)19(25)23-20(22-17)9-11-24(12-10-20)13-15-5-7-16(21)8-6-15/h2-8,22H,9-13H2,1H3,(H,23,25). The van der Waals surface area contributed by atoms with E-state index in [1.54, 1.807) is 0 Å². The first-order chi connectivity index (χ1) is 12.0. The van der Waals surface area contributed by atoms with Gasteiger partial charge in [0.1, 0.15) is 11.5 Å². The molecule has 0 unspecified atom stereocenters. The Morgan fingerprint density at radius 3 is 2.52 bits per heavy atom. The molecule has 1 fully saturated rings. The van der Waals surface area contributed by atoms with Crippen LogP contribution >= 0.6 is 0 Å². The number of hydrogen-bond acceptors (Lipinski definition) is 3. The third-order valence-corrected chi connectivity index (χ3v) is 5.26. The molecule has 1 saturated heterocycles. The summed E-state index contributed by atoms with van der Waals surface area (Å²) in [7, 11) is 0. The normalized spacial score (nSPS) is 19.2. The van der Waals surface area contributed by atoms with Gasteiger partial charge in [-0.2, -0.15) is 0 Å². The maximum atomic E-state index is 13.0. The zero-order valence-corrected chi connectivity index (χ0v) is 14.3. The second kappa shape index (κ2) is 6.15. The van der Waals surface area contributed by atoms with Crippen molar-refractivity contribution in [1.29, 1.82) is 0 Å². The topological polar surface area (TPSA) is 44.4 Å². The first-order valence-electron chi connectivity index (χ1n) is 8.72. The van der Waals surface area contributed by atoms with Gasteiger partial charge in [0.15, 0.2) is 0 Å². The molecular weight excluding hydrogens is 317 g/mol. The molecule has 0 saturated carbocycles. The fraction of sp³-hybridized carbons (Fsp3) is 0.350. The molecular formula is C20H22FN3O. The predicted molar refractivity (Wildman–Crippen MR) is 95.9 cm³/mol. The van der Waals surface area contributed by atoms with E-state index in [1.807, 2.05) is 37.3 Å². The van der Waals surface area contributed by atoms with Crippen LogP contribution in [0.1, 0.15) is 34.3 Å². The predicted octanol–water partition coefficient (Wildman–Crippen LogP) is 3.28. The number of halogens is 1. The molecule has 0 atom stereocenters. The lowest BCUT2D eigenvalue weighted by atomic mass is 9.91. The average molecular weight is 339 g/mol. The molecule has 0 aliphatic carbocycles. The highest BCUT2D eigenvalue weighted by Gasteiger charge is 2.40. The molecule has 4 rings (SSSR count). The van der Waals surface area contributed by atoms with Crippen LogP contribution in [0.2, 0.25) is 0 Å². The van der Waals surface area contributed by atoms with E-state index >= 15 is 0 Å². The fourth-order valence-corrected chi connectivity index (χ4v) is 3.83. The van der Waals surface area contributed by atoms with Gasteiger partial charge in [0.05, 0.1) is 5.56 Å². The lowest BCUT2D eigenvalue weighted by molar-refractivity contribution is 0.0821. The first-order valence-corrected chi connectivity index (χ1v) is 8.72. The van der Waals surface area contributed by atoms with Crippen molar-refractivity contribution in [2.45, 2.75) is 32.0 Å². The van der Waals surface area contributed by atoms with E-state index in [2.05, 4.69) is 15.5 Å². The number of carbonyl (C=O) groups excluding carboxylic acids is 1. The van der Waals surface area contributed by atoms with Crippen LogP contribution in [-0.4, -0.2) is 29.6 Å². The molecule has 2 aromatic carbocycles. The van der Waals surface area contributed by atoms with Gasteiger partial charge in [-0.3, -0.25) is 9.69 Å². The minimum Gasteiger partial charge on any atom is -0.362 e. The van der Waals surface area contributed by atoms with Gasteiger partial charge < -0.3 is 10.6 Å². The zero-order valence-electron chi connectivity index (χ0n) is 14.3. The maximum absolute atomic E-state index is 13.0. The number of nitrogens with zero attached hydrogens (tertiary/aromatic N) is 1. The summed E-state index contributed by atoms with van der Waals surface area (Å²) in [5.41, 5.74) is 3.42. The second-order valence-electron chi connectivity index (χ2n) is 7.06. The van der Waals surface area contributed by atoms with Crippen LogP contribution in [0, 0.1) is 12.7 Å². The highest BCUT2D eigenvalue weighted by Crippen LogP contribution is 2.33. The summed E-state index contributed by atoms with van der Waals surface area (Å²) in [6.45, 7) is 4.53. The molecule has 1 amide bonds. The quantitative estimate of drug-likeness (QED) is 0.882. The van der Waals surface area contributed by atoms with Gasteiger partial charge in [0.2, 0.25) is 0 Å². The van der Waals surface area contributed by atoms with E-state index in [0.29, 0.717) is 0 Å². The van der Waals surface area contributed by atoms with Gasteiger partial charge in [-0.15, -0.1) is 0 Å². The van der Waals surface area contributed by atoms with Gasteiger partial charge in [-0.05, 0) is 36.2 Å². The highest BCUT2D eigenvalue weighted by atomic mass is 19.1. The zero-order chi connectivity index (χ0) is 17.4. The summed E-state index contributed by atoms with van der Waals surface area (Å²) in [6, 6.07) is 12.6. The van der Waals surface area contributed by atoms with Gasteiger partial charge in [-0.25, -0.2) is 4.39 Å². The molecule has 2 aromatic rings. The van der Waals surface area contributed by atoms with Crippen LogP contribution < -0.4 is 10.6 Å². The minimum absolute atomic E-state index is 0.0128. The van der Waals surface area contributed by atoms with Crippen LogP contribution in [0.5, 0.6) is 0 Å². The Hall–Kier alpha value is -2.40. The largest absolute Gasteiger partial charge is 0.362 e. The maximum Gasteiger partial charge on any atom is 0.255 e. The van der Waals surface area contributed by atoms with Crippen molar-refractivity contribution < 1.29 is 9.18 Å². The van der Waals surface area contributed by atoms with Gasteiger partial charge in [0.25, 0.3) is 5.91 Å². The summed E-state index contributed by atoms with van der Waals surface area (Å²) in [5, 5.41) is 6.76. The lowest BCUT2D eigenvalue weighted by Gasteiger charge is -2.46. The fourth-order valence-electron chi connectivity index (χ4n) is 3.83. The summed E-state index contributed by atoms with van der Waals surface area (Å²) < 4.78 is 13.0. The Balaban J connectivity index is 1.45. The molecule has 2 aliphatic heterocycles. The van der Waals surface area contributed by atoms with Crippen molar-refractivity contribution in [3.05, 3.63) is 65.0 Å². The summed E-state index contributed by atoms with van der Waals surface area (Å²) in [4.78, 5) is 14.9. The van der Waals surface area contributed by atoms with Crippen molar-refractivity contribution in [3.63, 3.8) is 0 Å². The number of rotatable bonds is 2. The number of nitrogens with one attached hydrogen (secondary N) is 2. The van der Waals surface area contributed by atoms with Crippen LogP contribution in [0.4, 0.5) is 10.1 Å². The molecule has 0 bridgehead atoms. The van der Waals surface area contributed by atoms with Crippen LogP contribution in [0.15, 0.2) is 42.5 Å². The molecule has 4 nitrogen and oxygen atoms in total. The van der Waals surface area contributed by atoms with Crippen LogP contribution in [0.25, 0.3) is 0 Å². The number of carbonyl (C=O) groups is 1. The summed E-state index contributed by atoms with van der Waals surface area (Å²) in [5.74, 6) is -0.191. The summed E-state index contributed by atoms with van der Waals surface area (Å²) in [6.07, 6.45) is 1.68. The van der Waals surface area contributed by atoms with Crippen LogP contribution in [-0.2, 0) is 6.54 Å². The van der Waals surface area contributed by atoms with Gasteiger partial charge >= 0.3 is 0 Å². The van der Waals surface area contributed by atoms with Gasteiger partial charge in [-0.1, -0.05) is 24.3 Å². The average Bonchev–Trinajstić information content (AvgIpc) is 2.59. The number of anilines is 1. The highest BCUT2D eigenvalue weighted by molar-refractivity contribution is 6.03. The molecule has 25 heavy (non-hydrogen) atoms. The Kier molecular flexibility index (Phi) is 3.96. The van der Waals surface area contributed by atoms with Crippen molar-refractivity contribution in [2.75, 3.05) is 18.4 Å². The molecule has 0 aromatic heterocycles. The van der Waals surface area contributed by atoms with E-state index in [-0.39, 0.29) is 17.4 Å². The number of aryl methyl sites for hydroxylation is 1. The lowest BCUT2D eigenvalue weighted by Crippen LogP contribution is -2.62. The van der Waals surface area contributed by atoms with E-state index in [9.17, 15) is 9.18 Å². The molecule has 0 radical (unpaired) electrons. The molecule has 5 heteroatoms. The molecule has 2 aliphatic rings. The number of piperidine rings is 1. The van der Waals surface area contributed by atoms with E-state index in [4.69, 9.17) is 0 Å². The first kappa shape index (κ1) is 16.1. The number of hydrogen-bond donors (Lipinski definition) is 2. The molecule has 130 valence electrons. The van der Waals surface area contributed by atoms with Gasteiger partial charge in [0, 0.05) is 38.2 Å². The Bertz CT molecular complexity index is 795. The third-order valence-electron chi connectivity index (χ3n) is 5.26. The second-order valence-corrected chi connectivity index (χ2v) is 7.06. The molecule has 2 heterocycles. The monoisotopic (exact) mass is 339 g/mol. The van der Waals surface area contributed by atoms with Crippen molar-refractivity contribution in [3.8, 4) is 0 Å². The Labute approximate surface area is 147 Å². The Morgan fingerprint density at radius 1 is 1.08 bits per heavy atom. The molecule has 2 N–H and O–H groups in total. The van der Waals surface area contributed by atoms with E-state index in [1.165, 1.54) is 12.1 Å². The Morgan fingerprint density at radius 2 is 1.80 bits per heavy atom.